The van der Waals surface area contributed by atoms with Crippen molar-refractivity contribution in [2.45, 2.75) is 25.7 Å². The van der Waals surface area contributed by atoms with Crippen LogP contribution in [0.1, 0.15) is 34.3 Å². The summed E-state index contributed by atoms with van der Waals surface area (Å²) in [4.78, 5) is 11.5. The van der Waals surface area contributed by atoms with Crippen molar-refractivity contribution in [1.82, 2.24) is 0 Å². The predicted molar refractivity (Wildman–Crippen MR) is 63.8 cm³/mol. The van der Waals surface area contributed by atoms with Gasteiger partial charge >= 0.3 is 5.97 Å². The second-order valence-corrected chi connectivity index (χ2v) is 4.72. The molecule has 4 heteroatoms. The minimum atomic E-state index is -0.421. The Morgan fingerprint density at radius 2 is 2.12 bits per heavy atom. The molecule has 0 saturated carbocycles. The van der Waals surface area contributed by atoms with Gasteiger partial charge in [-0.2, -0.15) is 0 Å². The number of hydrogen-bond acceptors (Lipinski definition) is 3. The lowest BCUT2D eigenvalue weighted by Crippen LogP contribution is -2.09. The lowest BCUT2D eigenvalue weighted by atomic mass is 9.89. The summed E-state index contributed by atoms with van der Waals surface area (Å²) in [5.41, 5.74) is 2.43. The molecule has 0 heterocycles. The predicted octanol–water partition coefficient (Wildman–Crippen LogP) is 2.82. The Labute approximate surface area is 103 Å². The molecule has 86 valence electrons. The maximum atomic E-state index is 11.5. The number of carbonyl (C=O) groups is 1. The molecule has 3 nitrogen and oxygen atoms in total. The van der Waals surface area contributed by atoms with E-state index in [0.717, 1.165) is 36.8 Å². The number of carbonyl (C=O) groups excluding carboxylic acids is 1. The Morgan fingerprint density at radius 1 is 1.44 bits per heavy atom. The number of aromatic hydroxyl groups is 1. The summed E-state index contributed by atoms with van der Waals surface area (Å²) in [7, 11) is 1.34. The van der Waals surface area contributed by atoms with Crippen molar-refractivity contribution in [1.29, 1.82) is 0 Å². The molecule has 2 rings (SSSR count). The number of halogens is 1. The molecule has 1 N–H and O–H groups in total. The van der Waals surface area contributed by atoms with Crippen molar-refractivity contribution in [2.75, 3.05) is 7.11 Å². The minimum absolute atomic E-state index is 0.192. The number of hydrogen-bond donors (Lipinski definition) is 1. The van der Waals surface area contributed by atoms with E-state index in [-0.39, 0.29) is 5.75 Å². The lowest BCUT2D eigenvalue weighted by molar-refractivity contribution is 0.0599. The third kappa shape index (κ3) is 1.82. The molecule has 0 amide bonds. The Bertz CT molecular complexity index is 440. The van der Waals surface area contributed by atoms with Gasteiger partial charge in [0.1, 0.15) is 5.75 Å². The average Bonchev–Trinajstić information content (AvgIpc) is 2.33. The molecule has 0 radical (unpaired) electrons. The summed E-state index contributed by atoms with van der Waals surface area (Å²) in [6.45, 7) is 0. The topological polar surface area (TPSA) is 46.5 Å². The van der Waals surface area contributed by atoms with Crippen molar-refractivity contribution in [2.24, 2.45) is 0 Å². The first kappa shape index (κ1) is 11.5. The summed E-state index contributed by atoms with van der Waals surface area (Å²) in [6, 6.07) is 1.82. The maximum Gasteiger partial charge on any atom is 0.339 e. The van der Waals surface area contributed by atoms with Gasteiger partial charge in [-0.05, 0) is 58.8 Å². The van der Waals surface area contributed by atoms with Crippen LogP contribution in [0.5, 0.6) is 5.75 Å². The number of rotatable bonds is 1. The maximum absolute atomic E-state index is 11.5. The van der Waals surface area contributed by atoms with E-state index in [1.807, 2.05) is 6.07 Å². The van der Waals surface area contributed by atoms with Gasteiger partial charge in [-0.3, -0.25) is 0 Å². The molecular weight excluding hydrogens is 272 g/mol. The van der Waals surface area contributed by atoms with Crippen molar-refractivity contribution in [3.8, 4) is 5.75 Å². The molecule has 0 unspecified atom stereocenters. The number of fused-ring (bicyclic) bond motifs is 1. The first-order chi connectivity index (χ1) is 7.65. The quantitative estimate of drug-likeness (QED) is 0.807. The number of benzene rings is 1. The van der Waals surface area contributed by atoms with Crippen LogP contribution in [-0.2, 0) is 17.6 Å². The molecule has 0 aromatic heterocycles. The zero-order valence-electron chi connectivity index (χ0n) is 9.05. The SMILES string of the molecule is COC(=O)c1cc2c(c(O)c1Br)CCCC2. The van der Waals surface area contributed by atoms with Crippen LogP contribution < -0.4 is 0 Å². The number of esters is 1. The largest absolute Gasteiger partial charge is 0.506 e. The second kappa shape index (κ2) is 4.45. The molecule has 0 bridgehead atoms. The summed E-state index contributed by atoms with van der Waals surface area (Å²) in [5.74, 6) is -0.229. The zero-order valence-corrected chi connectivity index (χ0v) is 10.6. The third-order valence-electron chi connectivity index (χ3n) is 2.96. The number of methoxy groups -OCH3 is 1. The Morgan fingerprint density at radius 3 is 2.81 bits per heavy atom. The minimum Gasteiger partial charge on any atom is -0.506 e. The van der Waals surface area contributed by atoms with Gasteiger partial charge in [0.25, 0.3) is 0 Å². The molecule has 0 spiro atoms. The molecule has 16 heavy (non-hydrogen) atoms. The number of phenolic OH excluding ortho intramolecular Hbond substituents is 1. The smallest absolute Gasteiger partial charge is 0.339 e. The van der Waals surface area contributed by atoms with Gasteiger partial charge in [0.2, 0.25) is 0 Å². The fraction of sp³-hybridized carbons (Fsp3) is 0.417. The van der Waals surface area contributed by atoms with E-state index in [9.17, 15) is 9.90 Å². The summed E-state index contributed by atoms with van der Waals surface area (Å²) in [5, 5.41) is 10.0. The molecule has 1 aliphatic rings. The van der Waals surface area contributed by atoms with Crippen LogP contribution in [0.3, 0.4) is 0 Å². The third-order valence-corrected chi connectivity index (χ3v) is 3.77. The highest BCUT2D eigenvalue weighted by molar-refractivity contribution is 9.10. The van der Waals surface area contributed by atoms with Gasteiger partial charge in [0, 0.05) is 0 Å². The molecule has 0 fully saturated rings. The van der Waals surface area contributed by atoms with Gasteiger partial charge in [-0.15, -0.1) is 0 Å². The van der Waals surface area contributed by atoms with Crippen molar-refractivity contribution in [3.05, 3.63) is 27.2 Å². The van der Waals surface area contributed by atoms with Gasteiger partial charge in [0.15, 0.2) is 0 Å². The van der Waals surface area contributed by atoms with Crippen molar-refractivity contribution >= 4 is 21.9 Å². The van der Waals surface area contributed by atoms with Crippen LogP contribution in [0.25, 0.3) is 0 Å². The molecule has 1 aromatic carbocycles. The highest BCUT2D eigenvalue weighted by atomic mass is 79.9. The van der Waals surface area contributed by atoms with Crippen molar-refractivity contribution in [3.63, 3.8) is 0 Å². The van der Waals surface area contributed by atoms with Crippen LogP contribution in [0.15, 0.2) is 10.5 Å². The van der Waals surface area contributed by atoms with E-state index in [2.05, 4.69) is 20.7 Å². The van der Waals surface area contributed by atoms with Crippen molar-refractivity contribution < 1.29 is 14.6 Å². The van der Waals surface area contributed by atoms with Gasteiger partial charge < -0.3 is 9.84 Å². The molecule has 1 aliphatic carbocycles. The van der Waals surface area contributed by atoms with E-state index in [0.29, 0.717) is 10.0 Å². The summed E-state index contributed by atoms with van der Waals surface area (Å²) in [6.07, 6.45) is 3.99. The molecule has 0 atom stereocenters. The molecule has 0 aliphatic heterocycles. The second-order valence-electron chi connectivity index (χ2n) is 3.92. The van der Waals surface area contributed by atoms with E-state index < -0.39 is 5.97 Å². The van der Waals surface area contributed by atoms with Crippen LogP contribution in [0, 0.1) is 0 Å². The van der Waals surface area contributed by atoms with E-state index in [1.54, 1.807) is 0 Å². The molecule has 1 aromatic rings. The van der Waals surface area contributed by atoms with Gasteiger partial charge in [0.05, 0.1) is 17.1 Å². The number of phenols is 1. The number of ether oxygens (including phenoxy) is 1. The summed E-state index contributed by atoms with van der Waals surface area (Å²) < 4.78 is 5.13. The average molecular weight is 285 g/mol. The Kier molecular flexibility index (Phi) is 3.19. The van der Waals surface area contributed by atoms with Gasteiger partial charge in [-0.25, -0.2) is 4.79 Å². The monoisotopic (exact) mass is 284 g/mol. The lowest BCUT2D eigenvalue weighted by Gasteiger charge is -2.19. The molecular formula is C12H13BrO3. The van der Waals surface area contributed by atoms with Crippen LogP contribution in [-0.4, -0.2) is 18.2 Å². The highest BCUT2D eigenvalue weighted by Crippen LogP contribution is 2.37. The number of aryl methyl sites for hydroxylation is 1. The first-order valence-corrected chi connectivity index (χ1v) is 6.06. The fourth-order valence-corrected chi connectivity index (χ4v) is 2.63. The van der Waals surface area contributed by atoms with Crippen LogP contribution in [0.2, 0.25) is 0 Å². The summed E-state index contributed by atoms with van der Waals surface area (Å²) >= 11 is 3.25. The fourth-order valence-electron chi connectivity index (χ4n) is 2.11. The van der Waals surface area contributed by atoms with E-state index >= 15 is 0 Å². The van der Waals surface area contributed by atoms with Gasteiger partial charge in [-0.1, -0.05) is 0 Å². The normalized spacial score (nSPS) is 14.4. The zero-order chi connectivity index (χ0) is 11.7. The Balaban J connectivity index is 2.57. The van der Waals surface area contributed by atoms with Crippen LogP contribution >= 0.6 is 15.9 Å². The molecule has 0 saturated heterocycles. The first-order valence-electron chi connectivity index (χ1n) is 5.26. The van der Waals surface area contributed by atoms with Crippen LogP contribution in [0.4, 0.5) is 0 Å². The highest BCUT2D eigenvalue weighted by Gasteiger charge is 2.21. The van der Waals surface area contributed by atoms with E-state index in [4.69, 9.17) is 0 Å². The standard InChI is InChI=1S/C12H13BrO3/c1-16-12(15)9-6-7-4-2-3-5-8(7)11(14)10(9)13/h6,14H,2-5H2,1H3. The Hall–Kier alpha value is -1.03. The van der Waals surface area contributed by atoms with E-state index in [1.165, 1.54) is 7.11 Å².